The van der Waals surface area contributed by atoms with Crippen molar-refractivity contribution in [3.63, 3.8) is 0 Å². The van der Waals surface area contributed by atoms with E-state index in [1.54, 1.807) is 7.11 Å². The Labute approximate surface area is 119 Å². The van der Waals surface area contributed by atoms with Gasteiger partial charge in [-0.3, -0.25) is 0 Å². The lowest BCUT2D eigenvalue weighted by Gasteiger charge is -2.21. The van der Waals surface area contributed by atoms with Crippen molar-refractivity contribution in [2.75, 3.05) is 13.7 Å². The number of nitrogens with one attached hydrogen (secondary N) is 1. The van der Waals surface area contributed by atoms with Crippen LogP contribution < -0.4 is 10.1 Å². The molecule has 1 aromatic carbocycles. The van der Waals surface area contributed by atoms with Crippen LogP contribution in [0.5, 0.6) is 5.75 Å². The molecule has 0 saturated carbocycles. The van der Waals surface area contributed by atoms with E-state index in [1.807, 2.05) is 6.07 Å². The molecule has 0 aliphatic rings. The summed E-state index contributed by atoms with van der Waals surface area (Å²) in [5.74, 6) is 1.65. The summed E-state index contributed by atoms with van der Waals surface area (Å²) in [5.41, 5.74) is 1.29. The van der Waals surface area contributed by atoms with Crippen molar-refractivity contribution in [2.24, 2.45) is 5.92 Å². The van der Waals surface area contributed by atoms with Crippen molar-refractivity contribution in [3.05, 3.63) is 28.2 Å². The third-order valence-electron chi connectivity index (χ3n) is 3.06. The number of benzene rings is 1. The molecular weight excluding hydrogens is 290 g/mol. The molecule has 0 heterocycles. The molecule has 0 aliphatic carbocycles. The van der Waals surface area contributed by atoms with Gasteiger partial charge in [-0.1, -0.05) is 36.7 Å². The smallest absolute Gasteiger partial charge is 0.119 e. The maximum atomic E-state index is 5.32. The third kappa shape index (κ3) is 4.62. The molecule has 0 fully saturated rings. The lowest BCUT2D eigenvalue weighted by atomic mass is 9.97. The predicted octanol–water partition coefficient (Wildman–Crippen LogP) is 4.54. The van der Waals surface area contributed by atoms with Crippen molar-refractivity contribution < 1.29 is 4.74 Å². The van der Waals surface area contributed by atoms with Gasteiger partial charge in [0, 0.05) is 10.5 Å². The van der Waals surface area contributed by atoms with E-state index in [0.717, 1.165) is 29.1 Å². The summed E-state index contributed by atoms with van der Waals surface area (Å²) < 4.78 is 6.47. The highest BCUT2D eigenvalue weighted by Crippen LogP contribution is 2.30. The van der Waals surface area contributed by atoms with Crippen molar-refractivity contribution in [2.45, 2.75) is 39.7 Å². The summed E-state index contributed by atoms with van der Waals surface area (Å²) in [6.07, 6.45) is 2.37. The number of hydrogen-bond acceptors (Lipinski definition) is 2. The van der Waals surface area contributed by atoms with Gasteiger partial charge in [-0.2, -0.15) is 0 Å². The quantitative estimate of drug-likeness (QED) is 0.797. The largest absolute Gasteiger partial charge is 0.497 e. The molecule has 102 valence electrons. The molecule has 1 N–H and O–H groups in total. The molecule has 0 saturated heterocycles. The van der Waals surface area contributed by atoms with Crippen LogP contribution >= 0.6 is 15.9 Å². The minimum Gasteiger partial charge on any atom is -0.497 e. The van der Waals surface area contributed by atoms with Gasteiger partial charge in [0.05, 0.1) is 7.11 Å². The Hall–Kier alpha value is -0.540. The van der Waals surface area contributed by atoms with E-state index >= 15 is 0 Å². The molecule has 1 aromatic rings. The van der Waals surface area contributed by atoms with Gasteiger partial charge in [0.25, 0.3) is 0 Å². The fourth-order valence-corrected chi connectivity index (χ4v) is 2.55. The predicted molar refractivity (Wildman–Crippen MR) is 81.2 cm³/mol. The summed E-state index contributed by atoms with van der Waals surface area (Å²) in [7, 11) is 1.71. The summed E-state index contributed by atoms with van der Waals surface area (Å²) >= 11 is 3.64. The van der Waals surface area contributed by atoms with E-state index in [1.165, 1.54) is 12.0 Å². The number of rotatable bonds is 7. The zero-order valence-electron chi connectivity index (χ0n) is 11.8. The zero-order valence-corrected chi connectivity index (χ0v) is 13.4. The second-order valence-electron chi connectivity index (χ2n) is 4.97. The lowest BCUT2D eigenvalue weighted by Crippen LogP contribution is -2.21. The highest BCUT2D eigenvalue weighted by molar-refractivity contribution is 9.10. The Morgan fingerprint density at radius 3 is 2.56 bits per heavy atom. The van der Waals surface area contributed by atoms with Gasteiger partial charge in [0.1, 0.15) is 5.75 Å². The van der Waals surface area contributed by atoms with E-state index in [2.05, 4.69) is 54.2 Å². The summed E-state index contributed by atoms with van der Waals surface area (Å²) in [6, 6.07) is 6.56. The Morgan fingerprint density at radius 1 is 1.28 bits per heavy atom. The summed E-state index contributed by atoms with van der Waals surface area (Å²) in [5, 5.41) is 3.56. The Bertz CT molecular complexity index is 366. The van der Waals surface area contributed by atoms with Gasteiger partial charge in [-0.15, -0.1) is 0 Å². The topological polar surface area (TPSA) is 21.3 Å². The molecule has 0 bridgehead atoms. The molecule has 1 unspecified atom stereocenters. The average molecular weight is 314 g/mol. The van der Waals surface area contributed by atoms with Crippen molar-refractivity contribution in [1.29, 1.82) is 0 Å². The first-order valence-electron chi connectivity index (χ1n) is 6.65. The van der Waals surface area contributed by atoms with Gasteiger partial charge < -0.3 is 10.1 Å². The van der Waals surface area contributed by atoms with Crippen LogP contribution in [-0.2, 0) is 0 Å². The van der Waals surface area contributed by atoms with Crippen molar-refractivity contribution >= 4 is 15.9 Å². The van der Waals surface area contributed by atoms with E-state index in [-0.39, 0.29) is 0 Å². The second-order valence-corrected chi connectivity index (χ2v) is 5.82. The molecule has 0 aromatic heterocycles. The average Bonchev–Trinajstić information content (AvgIpc) is 2.35. The lowest BCUT2D eigenvalue weighted by molar-refractivity contribution is 0.410. The number of ether oxygens (including phenoxy) is 1. The molecular formula is C15H24BrNO. The van der Waals surface area contributed by atoms with Crippen LogP contribution in [0.25, 0.3) is 0 Å². The SMILES string of the molecule is CCNC(CCC(C)C)c1cc(OC)ccc1Br. The monoisotopic (exact) mass is 313 g/mol. The van der Waals surface area contributed by atoms with Crippen LogP contribution in [0.2, 0.25) is 0 Å². The fourth-order valence-electron chi connectivity index (χ4n) is 2.03. The minimum absolute atomic E-state index is 0.391. The first kappa shape index (κ1) is 15.5. The molecule has 2 nitrogen and oxygen atoms in total. The summed E-state index contributed by atoms with van der Waals surface area (Å²) in [4.78, 5) is 0. The Balaban J connectivity index is 2.89. The number of halogens is 1. The van der Waals surface area contributed by atoms with Crippen LogP contribution in [0.3, 0.4) is 0 Å². The van der Waals surface area contributed by atoms with Gasteiger partial charge in [-0.05, 0) is 49.1 Å². The first-order valence-corrected chi connectivity index (χ1v) is 7.44. The minimum atomic E-state index is 0.391. The van der Waals surface area contributed by atoms with Gasteiger partial charge in [-0.25, -0.2) is 0 Å². The number of hydrogen-bond donors (Lipinski definition) is 1. The van der Waals surface area contributed by atoms with Crippen LogP contribution in [-0.4, -0.2) is 13.7 Å². The Kier molecular flexibility index (Phi) is 6.72. The molecule has 1 atom stereocenters. The zero-order chi connectivity index (χ0) is 13.5. The highest BCUT2D eigenvalue weighted by Gasteiger charge is 2.15. The highest BCUT2D eigenvalue weighted by atomic mass is 79.9. The van der Waals surface area contributed by atoms with Crippen LogP contribution in [0.4, 0.5) is 0 Å². The fraction of sp³-hybridized carbons (Fsp3) is 0.600. The van der Waals surface area contributed by atoms with E-state index < -0.39 is 0 Å². The first-order chi connectivity index (χ1) is 8.58. The molecule has 3 heteroatoms. The molecule has 0 radical (unpaired) electrons. The normalized spacial score (nSPS) is 12.8. The van der Waals surface area contributed by atoms with Gasteiger partial charge in [0.15, 0.2) is 0 Å². The second kappa shape index (κ2) is 7.80. The van der Waals surface area contributed by atoms with Crippen LogP contribution in [0.15, 0.2) is 22.7 Å². The van der Waals surface area contributed by atoms with Gasteiger partial charge in [0.2, 0.25) is 0 Å². The van der Waals surface area contributed by atoms with Crippen LogP contribution in [0.1, 0.15) is 45.2 Å². The van der Waals surface area contributed by atoms with E-state index in [0.29, 0.717) is 6.04 Å². The van der Waals surface area contributed by atoms with Crippen molar-refractivity contribution in [1.82, 2.24) is 5.32 Å². The Morgan fingerprint density at radius 2 is 2.00 bits per heavy atom. The van der Waals surface area contributed by atoms with Gasteiger partial charge >= 0.3 is 0 Å². The molecule has 0 aliphatic heterocycles. The maximum absolute atomic E-state index is 5.32. The van der Waals surface area contributed by atoms with Crippen molar-refractivity contribution in [3.8, 4) is 5.75 Å². The number of methoxy groups -OCH3 is 1. The van der Waals surface area contributed by atoms with E-state index in [4.69, 9.17) is 4.74 Å². The summed E-state index contributed by atoms with van der Waals surface area (Å²) in [6.45, 7) is 7.66. The molecule has 18 heavy (non-hydrogen) atoms. The third-order valence-corrected chi connectivity index (χ3v) is 3.78. The molecule has 0 spiro atoms. The van der Waals surface area contributed by atoms with E-state index in [9.17, 15) is 0 Å². The van der Waals surface area contributed by atoms with Crippen LogP contribution in [0, 0.1) is 5.92 Å². The standard InChI is InChI=1S/C15H24BrNO/c1-5-17-15(9-6-11(2)3)13-10-12(18-4)7-8-14(13)16/h7-8,10-11,15,17H,5-6,9H2,1-4H3. The molecule has 0 amide bonds. The maximum Gasteiger partial charge on any atom is 0.119 e. The molecule has 1 rings (SSSR count).